The standard InChI is InChI=1S/C29H26N2O6/c32-29-21-6-17-8-24-27(37-15-34-24)11-20(17)28(30-21)22-7-18-9-25-26(36-14-35-25)10-19(18)23(31(22)29)13-33-12-16-4-2-1-3-5-16/h1-5,8-11,21-23,28,30H,6-7,12-15H2. The molecule has 8 rings (SSSR count). The largest absolute Gasteiger partial charge is 0.454 e. The lowest BCUT2D eigenvalue weighted by molar-refractivity contribution is -0.148. The van der Waals surface area contributed by atoms with Gasteiger partial charge in [-0.15, -0.1) is 0 Å². The zero-order valence-corrected chi connectivity index (χ0v) is 20.1. The Hall–Kier alpha value is -3.75. The predicted molar refractivity (Wildman–Crippen MR) is 132 cm³/mol. The summed E-state index contributed by atoms with van der Waals surface area (Å²) >= 11 is 0. The molecule has 3 aromatic carbocycles. The summed E-state index contributed by atoms with van der Waals surface area (Å²) in [6.45, 7) is 1.33. The van der Waals surface area contributed by atoms with Crippen molar-refractivity contribution in [3.63, 3.8) is 0 Å². The molecule has 4 atom stereocenters. The highest BCUT2D eigenvalue weighted by atomic mass is 16.7. The first-order valence-electron chi connectivity index (χ1n) is 12.8. The Labute approximate surface area is 214 Å². The Morgan fingerprint density at radius 1 is 0.838 bits per heavy atom. The number of carbonyl (C=O) groups is 1. The van der Waals surface area contributed by atoms with Crippen LogP contribution in [0, 0.1) is 0 Å². The van der Waals surface area contributed by atoms with Crippen LogP contribution in [0.1, 0.15) is 39.9 Å². The second kappa shape index (κ2) is 8.13. The molecule has 0 radical (unpaired) electrons. The van der Waals surface area contributed by atoms with Crippen LogP contribution in [0.2, 0.25) is 0 Å². The average Bonchev–Trinajstić information content (AvgIpc) is 3.58. The fraction of sp³-hybridized carbons (Fsp3) is 0.345. The third kappa shape index (κ3) is 3.32. The summed E-state index contributed by atoms with van der Waals surface area (Å²) in [7, 11) is 0. The second-order valence-electron chi connectivity index (χ2n) is 10.2. The van der Waals surface area contributed by atoms with Gasteiger partial charge in [-0.3, -0.25) is 10.1 Å². The lowest BCUT2D eigenvalue weighted by Gasteiger charge is -2.53. The minimum absolute atomic E-state index is 0.0175. The van der Waals surface area contributed by atoms with Crippen molar-refractivity contribution in [1.82, 2.24) is 10.2 Å². The van der Waals surface area contributed by atoms with Crippen LogP contribution in [0.25, 0.3) is 0 Å². The molecule has 8 nitrogen and oxygen atoms in total. The maximum Gasteiger partial charge on any atom is 0.240 e. The van der Waals surface area contributed by atoms with Gasteiger partial charge in [-0.1, -0.05) is 30.3 Å². The zero-order chi connectivity index (χ0) is 24.5. The highest BCUT2D eigenvalue weighted by molar-refractivity contribution is 5.86. The van der Waals surface area contributed by atoms with Crippen LogP contribution in [0.5, 0.6) is 23.0 Å². The molecule has 0 aliphatic carbocycles. The molecule has 4 unspecified atom stereocenters. The topological polar surface area (TPSA) is 78.5 Å². The first-order chi connectivity index (χ1) is 18.2. The number of benzene rings is 3. The van der Waals surface area contributed by atoms with Gasteiger partial charge in [-0.05, 0) is 64.9 Å². The predicted octanol–water partition coefficient (Wildman–Crippen LogP) is 3.42. The van der Waals surface area contributed by atoms with Gasteiger partial charge < -0.3 is 28.6 Å². The molecule has 3 aromatic rings. The van der Waals surface area contributed by atoms with E-state index in [4.69, 9.17) is 23.7 Å². The molecule has 5 aliphatic heterocycles. The van der Waals surface area contributed by atoms with E-state index in [2.05, 4.69) is 40.5 Å². The van der Waals surface area contributed by atoms with Gasteiger partial charge in [0.05, 0.1) is 37.4 Å². The van der Waals surface area contributed by atoms with Crippen molar-refractivity contribution < 1.29 is 28.5 Å². The highest BCUT2D eigenvalue weighted by Crippen LogP contribution is 2.49. The van der Waals surface area contributed by atoms with E-state index in [1.54, 1.807) is 0 Å². The molecule has 1 fully saturated rings. The number of fused-ring (bicyclic) bond motifs is 9. The third-order valence-electron chi connectivity index (χ3n) is 8.21. The lowest BCUT2D eigenvalue weighted by Crippen LogP contribution is -2.66. The van der Waals surface area contributed by atoms with E-state index in [-0.39, 0.29) is 43.7 Å². The molecule has 188 valence electrons. The van der Waals surface area contributed by atoms with E-state index in [9.17, 15) is 4.79 Å². The minimum Gasteiger partial charge on any atom is -0.454 e. The van der Waals surface area contributed by atoms with Crippen molar-refractivity contribution in [3.05, 3.63) is 82.4 Å². The van der Waals surface area contributed by atoms with Crippen molar-refractivity contribution in [2.75, 3.05) is 20.2 Å². The highest BCUT2D eigenvalue weighted by Gasteiger charge is 2.51. The molecule has 37 heavy (non-hydrogen) atoms. The van der Waals surface area contributed by atoms with Crippen molar-refractivity contribution in [2.45, 2.75) is 43.6 Å². The Bertz CT molecular complexity index is 1410. The smallest absolute Gasteiger partial charge is 0.240 e. The summed E-state index contributed by atoms with van der Waals surface area (Å²) < 4.78 is 29.0. The van der Waals surface area contributed by atoms with E-state index in [1.165, 1.54) is 11.1 Å². The molecule has 8 heteroatoms. The lowest BCUT2D eigenvalue weighted by atomic mass is 9.76. The van der Waals surface area contributed by atoms with Crippen molar-refractivity contribution in [3.8, 4) is 23.0 Å². The van der Waals surface area contributed by atoms with Gasteiger partial charge in [-0.2, -0.15) is 0 Å². The molecule has 0 aromatic heterocycles. The Balaban J connectivity index is 1.19. The summed E-state index contributed by atoms with van der Waals surface area (Å²) in [6, 6.07) is 17.8. The first-order valence-corrected chi connectivity index (χ1v) is 12.8. The molecular weight excluding hydrogens is 472 g/mol. The molecule has 1 saturated heterocycles. The van der Waals surface area contributed by atoms with Crippen LogP contribution >= 0.6 is 0 Å². The number of hydrogen-bond acceptors (Lipinski definition) is 7. The number of carbonyl (C=O) groups excluding carboxylic acids is 1. The summed E-state index contributed by atoms with van der Waals surface area (Å²) in [5.41, 5.74) is 5.68. The van der Waals surface area contributed by atoms with Crippen molar-refractivity contribution in [1.29, 1.82) is 0 Å². The first kappa shape index (κ1) is 21.3. The van der Waals surface area contributed by atoms with E-state index >= 15 is 0 Å². The summed E-state index contributed by atoms with van der Waals surface area (Å²) in [4.78, 5) is 16.1. The van der Waals surface area contributed by atoms with E-state index in [0.29, 0.717) is 26.1 Å². The number of hydrogen-bond donors (Lipinski definition) is 1. The Kier molecular flexibility index (Phi) is 4.69. The molecule has 0 spiro atoms. The van der Waals surface area contributed by atoms with Gasteiger partial charge >= 0.3 is 0 Å². The van der Waals surface area contributed by atoms with Gasteiger partial charge in [-0.25, -0.2) is 0 Å². The van der Waals surface area contributed by atoms with E-state index in [1.807, 2.05) is 24.3 Å². The minimum atomic E-state index is -0.290. The molecule has 1 amide bonds. The van der Waals surface area contributed by atoms with Crippen LogP contribution in [0.3, 0.4) is 0 Å². The van der Waals surface area contributed by atoms with Crippen LogP contribution in [0.15, 0.2) is 54.6 Å². The summed E-state index contributed by atoms with van der Waals surface area (Å²) in [5, 5.41) is 3.65. The fourth-order valence-corrected chi connectivity index (χ4v) is 6.53. The maximum atomic E-state index is 14.0. The van der Waals surface area contributed by atoms with E-state index in [0.717, 1.165) is 39.7 Å². The molecule has 5 aliphatic rings. The van der Waals surface area contributed by atoms with E-state index < -0.39 is 0 Å². The third-order valence-corrected chi connectivity index (χ3v) is 8.21. The number of rotatable bonds is 4. The Morgan fingerprint density at radius 2 is 1.49 bits per heavy atom. The molecule has 5 heterocycles. The maximum absolute atomic E-state index is 14.0. The van der Waals surface area contributed by atoms with Crippen molar-refractivity contribution in [2.24, 2.45) is 0 Å². The van der Waals surface area contributed by atoms with Crippen LogP contribution in [-0.2, 0) is 29.0 Å². The van der Waals surface area contributed by atoms with Gasteiger partial charge in [0.2, 0.25) is 19.5 Å². The van der Waals surface area contributed by atoms with Crippen LogP contribution in [-0.4, -0.2) is 43.1 Å². The van der Waals surface area contributed by atoms with Gasteiger partial charge in [0.15, 0.2) is 23.0 Å². The number of nitrogens with zero attached hydrogens (tertiary/aromatic N) is 1. The zero-order valence-electron chi connectivity index (χ0n) is 20.1. The van der Waals surface area contributed by atoms with Crippen LogP contribution in [0.4, 0.5) is 0 Å². The molecule has 2 bridgehead atoms. The molecule has 1 N–H and O–H groups in total. The monoisotopic (exact) mass is 498 g/mol. The molecule has 0 saturated carbocycles. The number of ether oxygens (including phenoxy) is 5. The number of amides is 1. The Morgan fingerprint density at radius 3 is 2.22 bits per heavy atom. The number of nitrogens with one attached hydrogen (secondary N) is 1. The van der Waals surface area contributed by atoms with Crippen LogP contribution < -0.4 is 24.3 Å². The van der Waals surface area contributed by atoms with Gasteiger partial charge in [0.1, 0.15) is 0 Å². The van der Waals surface area contributed by atoms with Gasteiger partial charge in [0, 0.05) is 0 Å². The normalized spacial score (nSPS) is 25.9. The average molecular weight is 499 g/mol. The number of piperazine rings is 1. The SMILES string of the molecule is O=C1C2Cc3cc4c(cc3C(N2)C2Cc3cc5c(cc3C(COCc3ccccc3)N12)OCO5)OCO4. The molecular formula is C29H26N2O6. The fourth-order valence-electron chi connectivity index (χ4n) is 6.53. The van der Waals surface area contributed by atoms with Gasteiger partial charge in [0.25, 0.3) is 0 Å². The second-order valence-corrected chi connectivity index (χ2v) is 10.2. The summed E-state index contributed by atoms with van der Waals surface area (Å²) in [6.07, 6.45) is 1.33. The quantitative estimate of drug-likeness (QED) is 0.591. The summed E-state index contributed by atoms with van der Waals surface area (Å²) in [5.74, 6) is 3.13. The van der Waals surface area contributed by atoms with Crippen molar-refractivity contribution >= 4 is 5.91 Å².